The number of hydrogen-bond acceptors (Lipinski definition) is 2. The van der Waals surface area contributed by atoms with Crippen molar-refractivity contribution in [2.24, 2.45) is 0 Å². The number of likely N-dealkylation sites (tertiary alicyclic amines) is 1. The zero-order valence-corrected chi connectivity index (χ0v) is 15.1. The average molecular weight is 336 g/mol. The minimum absolute atomic E-state index is 0.485. The number of alkyl halides is 1. The average Bonchev–Trinajstić information content (AvgIpc) is 2.64. The van der Waals surface area contributed by atoms with E-state index in [1.807, 2.05) is 6.08 Å². The van der Waals surface area contributed by atoms with Gasteiger partial charge < -0.3 is 4.90 Å². The lowest BCUT2D eigenvalue weighted by atomic mass is 9.80. The molecule has 2 aliphatic rings. The lowest BCUT2D eigenvalue weighted by Crippen LogP contribution is -2.42. The minimum Gasteiger partial charge on any atom is -0.371 e. The Hall–Kier alpha value is -2.34. The number of halogens is 1. The van der Waals surface area contributed by atoms with Crippen molar-refractivity contribution in [1.29, 1.82) is 5.26 Å². The van der Waals surface area contributed by atoms with Gasteiger partial charge in [-0.15, -0.1) is 0 Å². The van der Waals surface area contributed by atoms with E-state index in [0.29, 0.717) is 38.8 Å². The Morgan fingerprint density at radius 2 is 1.88 bits per heavy atom. The highest BCUT2D eigenvalue weighted by Crippen LogP contribution is 2.39. The van der Waals surface area contributed by atoms with Crippen molar-refractivity contribution in [2.75, 3.05) is 13.1 Å². The van der Waals surface area contributed by atoms with Crippen molar-refractivity contribution in [1.82, 2.24) is 4.90 Å². The highest BCUT2D eigenvalue weighted by atomic mass is 19.1. The minimum atomic E-state index is -1.24. The van der Waals surface area contributed by atoms with Gasteiger partial charge in [0.25, 0.3) is 0 Å². The van der Waals surface area contributed by atoms with E-state index in [-0.39, 0.29) is 0 Å². The van der Waals surface area contributed by atoms with Gasteiger partial charge in [-0.1, -0.05) is 24.8 Å². The molecule has 0 spiro atoms. The molecule has 0 radical (unpaired) electrons. The molecule has 1 fully saturated rings. The Labute approximate surface area is 150 Å². The number of aryl methyl sites for hydroxylation is 2. The number of nitrogens with zero attached hydrogens (tertiary/aromatic N) is 2. The van der Waals surface area contributed by atoms with Crippen LogP contribution in [0.4, 0.5) is 4.39 Å². The summed E-state index contributed by atoms with van der Waals surface area (Å²) < 4.78 is 15.4. The summed E-state index contributed by atoms with van der Waals surface area (Å²) in [4.78, 5) is 2.20. The molecule has 1 aliphatic carbocycles. The van der Waals surface area contributed by atoms with Gasteiger partial charge in [-0.25, -0.2) is 4.39 Å². The van der Waals surface area contributed by atoms with E-state index in [1.54, 1.807) is 6.08 Å². The summed E-state index contributed by atoms with van der Waals surface area (Å²) in [7, 11) is 0. The zero-order valence-electron chi connectivity index (χ0n) is 15.1. The summed E-state index contributed by atoms with van der Waals surface area (Å²) >= 11 is 0. The molecule has 1 aromatic rings. The molecular formula is C22H25FN2. The predicted octanol–water partition coefficient (Wildman–Crippen LogP) is 5.25. The van der Waals surface area contributed by atoms with E-state index in [4.69, 9.17) is 5.26 Å². The third-order valence-corrected chi connectivity index (χ3v) is 5.65. The second-order valence-electron chi connectivity index (χ2n) is 7.19. The van der Waals surface area contributed by atoms with E-state index in [0.717, 1.165) is 22.4 Å². The Kier molecular flexibility index (Phi) is 4.81. The molecule has 3 rings (SSSR count). The molecule has 2 nitrogen and oxygen atoms in total. The molecule has 0 unspecified atom stereocenters. The van der Waals surface area contributed by atoms with Crippen LogP contribution in [0.15, 0.2) is 48.1 Å². The molecule has 1 saturated heterocycles. The van der Waals surface area contributed by atoms with Crippen LogP contribution in [0.25, 0.3) is 5.70 Å². The van der Waals surface area contributed by atoms with Crippen molar-refractivity contribution in [3.8, 4) is 6.07 Å². The fraction of sp³-hybridized carbons (Fsp3) is 0.409. The summed E-state index contributed by atoms with van der Waals surface area (Å²) in [6.07, 6.45) is 5.90. The predicted molar refractivity (Wildman–Crippen MR) is 101 cm³/mol. The smallest absolute Gasteiger partial charge is 0.135 e. The molecular weight excluding hydrogens is 311 g/mol. The monoisotopic (exact) mass is 336 g/mol. The van der Waals surface area contributed by atoms with Crippen LogP contribution in [0, 0.1) is 25.2 Å². The molecule has 0 aromatic heterocycles. The van der Waals surface area contributed by atoms with Crippen LogP contribution in [0.2, 0.25) is 0 Å². The number of allylic oxidation sites excluding steroid dienone is 4. The van der Waals surface area contributed by atoms with Crippen LogP contribution in [-0.4, -0.2) is 23.7 Å². The first-order chi connectivity index (χ1) is 11.9. The van der Waals surface area contributed by atoms with Crippen molar-refractivity contribution in [2.45, 2.75) is 45.2 Å². The highest BCUT2D eigenvalue weighted by Gasteiger charge is 2.38. The van der Waals surface area contributed by atoms with Crippen molar-refractivity contribution in [3.05, 3.63) is 64.8 Å². The first kappa shape index (κ1) is 17.5. The maximum absolute atomic E-state index is 15.4. The van der Waals surface area contributed by atoms with Crippen molar-refractivity contribution >= 4 is 5.70 Å². The van der Waals surface area contributed by atoms with E-state index < -0.39 is 5.67 Å². The molecule has 130 valence electrons. The van der Waals surface area contributed by atoms with Crippen molar-refractivity contribution < 1.29 is 4.39 Å². The molecule has 1 heterocycles. The zero-order chi connectivity index (χ0) is 18.0. The summed E-state index contributed by atoms with van der Waals surface area (Å²) in [5.41, 5.74) is 4.98. The molecule has 1 aromatic carbocycles. The second kappa shape index (κ2) is 6.88. The molecule has 1 aliphatic heterocycles. The third kappa shape index (κ3) is 3.54. The second-order valence-corrected chi connectivity index (χ2v) is 7.19. The van der Waals surface area contributed by atoms with Crippen molar-refractivity contribution in [3.63, 3.8) is 0 Å². The molecule has 0 atom stereocenters. The van der Waals surface area contributed by atoms with E-state index >= 15 is 4.39 Å². The highest BCUT2D eigenvalue weighted by molar-refractivity contribution is 5.63. The molecule has 0 N–H and O–H groups in total. The molecule has 0 amide bonds. The summed E-state index contributed by atoms with van der Waals surface area (Å²) in [6.45, 7) is 9.80. The van der Waals surface area contributed by atoms with Gasteiger partial charge in [0, 0.05) is 37.2 Å². The number of benzene rings is 1. The molecule has 0 saturated carbocycles. The van der Waals surface area contributed by atoms with Gasteiger partial charge in [0.05, 0.1) is 6.07 Å². The van der Waals surface area contributed by atoms with Gasteiger partial charge in [-0.05, 0) is 61.1 Å². The third-order valence-electron chi connectivity index (χ3n) is 5.65. The van der Waals surface area contributed by atoms with Crippen LogP contribution >= 0.6 is 0 Å². The van der Waals surface area contributed by atoms with Crippen LogP contribution in [-0.2, 0) is 0 Å². The maximum Gasteiger partial charge on any atom is 0.135 e. The fourth-order valence-corrected chi connectivity index (χ4v) is 3.66. The van der Waals surface area contributed by atoms with Crippen LogP contribution in [0.3, 0.4) is 0 Å². The largest absolute Gasteiger partial charge is 0.371 e. The normalized spacial score (nSPS) is 19.7. The first-order valence-corrected chi connectivity index (χ1v) is 8.94. The van der Waals surface area contributed by atoms with Gasteiger partial charge in [-0.3, -0.25) is 0 Å². The fourth-order valence-electron chi connectivity index (χ4n) is 3.66. The van der Waals surface area contributed by atoms with Crippen LogP contribution in [0.5, 0.6) is 0 Å². The lowest BCUT2D eigenvalue weighted by Gasteiger charge is -2.40. The Bertz CT molecular complexity index is 787. The summed E-state index contributed by atoms with van der Waals surface area (Å²) in [6, 6.07) is 8.54. The Morgan fingerprint density at radius 3 is 2.44 bits per heavy atom. The quantitative estimate of drug-likeness (QED) is 0.754. The molecule has 0 bridgehead atoms. The van der Waals surface area contributed by atoms with Gasteiger partial charge in [0.1, 0.15) is 5.67 Å². The Balaban J connectivity index is 1.68. The number of hydrogen-bond donors (Lipinski definition) is 0. The van der Waals surface area contributed by atoms with Gasteiger partial charge >= 0.3 is 0 Å². The SMILES string of the molecule is C=C(c1ccc(C)c(C)c1)N1CCC(F)(C2=CC=C(C#N)CC2)CC1. The standard InChI is InChI=1S/C22H25FN2/c1-16-4-7-20(14-17(16)2)18(3)25-12-10-22(23,11-13-25)21-8-5-19(15-24)6-9-21/h4-5,7-8,14H,3,6,9-13H2,1-2H3. The first-order valence-electron chi connectivity index (χ1n) is 8.94. The lowest BCUT2D eigenvalue weighted by molar-refractivity contribution is 0.113. The van der Waals surface area contributed by atoms with Crippen LogP contribution < -0.4 is 0 Å². The number of nitriles is 1. The van der Waals surface area contributed by atoms with Gasteiger partial charge in [0.2, 0.25) is 0 Å². The molecule has 25 heavy (non-hydrogen) atoms. The van der Waals surface area contributed by atoms with Gasteiger partial charge in [0.15, 0.2) is 0 Å². The molecule has 3 heteroatoms. The summed E-state index contributed by atoms with van der Waals surface area (Å²) in [5.74, 6) is 0. The number of rotatable bonds is 3. The number of piperidine rings is 1. The van der Waals surface area contributed by atoms with E-state index in [9.17, 15) is 0 Å². The topological polar surface area (TPSA) is 27.0 Å². The maximum atomic E-state index is 15.4. The summed E-state index contributed by atoms with van der Waals surface area (Å²) in [5, 5.41) is 8.93. The van der Waals surface area contributed by atoms with E-state index in [2.05, 4.69) is 49.6 Å². The Morgan fingerprint density at radius 1 is 1.16 bits per heavy atom. The van der Waals surface area contributed by atoms with Gasteiger partial charge in [-0.2, -0.15) is 5.26 Å². The van der Waals surface area contributed by atoms with Crippen LogP contribution in [0.1, 0.15) is 42.4 Å². The van der Waals surface area contributed by atoms with E-state index in [1.165, 1.54) is 11.1 Å².